The maximum absolute atomic E-state index is 12.5. The van der Waals surface area contributed by atoms with Crippen LogP contribution in [-0.4, -0.2) is 27.0 Å². The first kappa shape index (κ1) is 20.9. The zero-order valence-electron chi connectivity index (χ0n) is 16.1. The number of unbranched alkanes of at least 4 members (excludes halogenated alkanes) is 2. The molecule has 6 nitrogen and oxygen atoms in total. The van der Waals surface area contributed by atoms with Gasteiger partial charge in [0.05, 0.1) is 10.6 Å². The number of thioether (sulfide) groups is 1. The highest BCUT2D eigenvalue weighted by Crippen LogP contribution is 2.33. The number of hydrogen-bond donors (Lipinski definition) is 1. The summed E-state index contributed by atoms with van der Waals surface area (Å²) >= 11 is 13.6. The molecule has 2 aromatic rings. The zero-order chi connectivity index (χ0) is 21.3. The number of rotatable bonds is 6. The Morgan fingerprint density at radius 3 is 2.87 bits per heavy atom. The molecule has 1 aromatic heterocycles. The lowest BCUT2D eigenvalue weighted by atomic mass is 10.1. The van der Waals surface area contributed by atoms with Crippen LogP contribution in [0.15, 0.2) is 50.4 Å². The number of aliphatic imine (C=N–C) groups is 1. The molecule has 30 heavy (non-hydrogen) atoms. The number of furan rings is 1. The summed E-state index contributed by atoms with van der Waals surface area (Å²) in [6.07, 6.45) is 5.58. The molecule has 0 fully saturated rings. The molecule has 154 valence electrons. The summed E-state index contributed by atoms with van der Waals surface area (Å²) in [6, 6.07) is 8.54. The van der Waals surface area contributed by atoms with E-state index in [9.17, 15) is 4.79 Å². The Kier molecular flexibility index (Phi) is 6.13. The third kappa shape index (κ3) is 4.24. The smallest absolute Gasteiger partial charge is 0.283 e. The van der Waals surface area contributed by atoms with Crippen LogP contribution in [0.5, 0.6) is 0 Å². The molecule has 0 saturated heterocycles. The number of nitrogens with one attached hydrogen (secondary N) is 1. The van der Waals surface area contributed by atoms with E-state index >= 15 is 0 Å². The molecule has 2 aliphatic heterocycles. The van der Waals surface area contributed by atoms with Crippen molar-refractivity contribution in [1.82, 2.24) is 5.01 Å². The highest BCUT2D eigenvalue weighted by atomic mass is 35.5. The molecule has 3 heterocycles. The van der Waals surface area contributed by atoms with Crippen molar-refractivity contribution in [3.63, 3.8) is 0 Å². The second kappa shape index (κ2) is 8.79. The van der Waals surface area contributed by atoms with E-state index in [0.717, 1.165) is 30.7 Å². The highest BCUT2D eigenvalue weighted by molar-refractivity contribution is 8.26. The van der Waals surface area contributed by atoms with Crippen LogP contribution in [0, 0.1) is 5.41 Å². The van der Waals surface area contributed by atoms with Gasteiger partial charge in [0.1, 0.15) is 16.6 Å². The van der Waals surface area contributed by atoms with E-state index in [1.165, 1.54) is 22.8 Å². The molecule has 2 aliphatic rings. The fourth-order valence-corrected chi connectivity index (χ4v) is 4.37. The SMILES string of the molecule is CCCCCC1=NN2C(=N)/C(=C/c3ccc(-c4cc(Cl)ccc4Cl)o3)C(=O)N=C2S1. The van der Waals surface area contributed by atoms with E-state index in [4.69, 9.17) is 33.0 Å². The van der Waals surface area contributed by atoms with Crippen LogP contribution in [0.4, 0.5) is 0 Å². The van der Waals surface area contributed by atoms with E-state index < -0.39 is 5.91 Å². The van der Waals surface area contributed by atoms with Gasteiger partial charge in [0.25, 0.3) is 5.91 Å². The lowest BCUT2D eigenvalue weighted by Crippen LogP contribution is -2.35. The van der Waals surface area contributed by atoms with Gasteiger partial charge in [-0.15, -0.1) is 0 Å². The number of fused-ring (bicyclic) bond motifs is 1. The molecule has 0 aliphatic carbocycles. The van der Waals surface area contributed by atoms with Crippen LogP contribution in [-0.2, 0) is 4.79 Å². The first-order chi connectivity index (χ1) is 14.5. The van der Waals surface area contributed by atoms with Crippen LogP contribution >= 0.6 is 35.0 Å². The first-order valence-electron chi connectivity index (χ1n) is 9.50. The van der Waals surface area contributed by atoms with E-state index in [1.807, 2.05) is 0 Å². The molecule has 0 atom stereocenters. The topological polar surface area (TPSA) is 82.0 Å². The number of carbonyl (C=O) groups is 1. The summed E-state index contributed by atoms with van der Waals surface area (Å²) in [6.45, 7) is 2.14. The standard InChI is InChI=1S/C21H18Cl2N4O2S/c1-2-3-4-5-18-26-27-19(24)15(20(28)25-21(27)30-18)11-13-7-9-17(29-13)14-10-12(22)6-8-16(14)23/h6-11,24H,2-5H2,1H3/b15-11-,24-19?. The number of amides is 1. The van der Waals surface area contributed by atoms with Crippen molar-refractivity contribution in [2.24, 2.45) is 10.1 Å². The predicted octanol–water partition coefficient (Wildman–Crippen LogP) is 6.45. The van der Waals surface area contributed by atoms with Crippen molar-refractivity contribution in [3.05, 3.63) is 51.7 Å². The summed E-state index contributed by atoms with van der Waals surface area (Å²) in [5, 5.41) is 16.7. The summed E-state index contributed by atoms with van der Waals surface area (Å²) < 4.78 is 5.83. The molecule has 1 aromatic carbocycles. The van der Waals surface area contributed by atoms with Crippen LogP contribution in [0.25, 0.3) is 17.4 Å². The van der Waals surface area contributed by atoms with E-state index in [0.29, 0.717) is 32.3 Å². The Balaban J connectivity index is 1.58. The number of hydrazone groups is 1. The molecule has 0 unspecified atom stereocenters. The second-order valence-electron chi connectivity index (χ2n) is 6.80. The normalized spacial score (nSPS) is 17.4. The number of carbonyl (C=O) groups excluding carboxylic acids is 1. The van der Waals surface area contributed by atoms with Crippen molar-refractivity contribution in [2.45, 2.75) is 32.6 Å². The minimum absolute atomic E-state index is 0.0123. The van der Waals surface area contributed by atoms with Gasteiger partial charge in [-0.25, -0.2) is 0 Å². The van der Waals surface area contributed by atoms with Gasteiger partial charge in [-0.05, 0) is 61.0 Å². The zero-order valence-corrected chi connectivity index (χ0v) is 18.4. The fourth-order valence-electron chi connectivity index (χ4n) is 3.06. The van der Waals surface area contributed by atoms with Crippen molar-refractivity contribution in [1.29, 1.82) is 5.41 Å². The number of halogens is 2. The molecule has 0 radical (unpaired) electrons. The average molecular weight is 461 g/mol. The monoisotopic (exact) mass is 460 g/mol. The molecule has 0 saturated carbocycles. The number of hydrogen-bond acceptors (Lipinski definition) is 5. The molecular weight excluding hydrogens is 443 g/mol. The van der Waals surface area contributed by atoms with Crippen molar-refractivity contribution in [2.75, 3.05) is 0 Å². The fraction of sp³-hybridized carbons (Fsp3) is 0.238. The van der Waals surface area contributed by atoms with Gasteiger partial charge in [0, 0.05) is 10.6 Å². The number of amidine groups is 2. The molecule has 4 rings (SSSR count). The van der Waals surface area contributed by atoms with Gasteiger partial charge in [0.2, 0.25) is 5.17 Å². The van der Waals surface area contributed by atoms with Gasteiger partial charge < -0.3 is 4.42 Å². The molecule has 0 bridgehead atoms. The minimum Gasteiger partial charge on any atom is -0.457 e. The minimum atomic E-state index is -0.484. The Hall–Kier alpha value is -2.35. The summed E-state index contributed by atoms with van der Waals surface area (Å²) in [5.74, 6) is 0.428. The predicted molar refractivity (Wildman–Crippen MR) is 123 cm³/mol. The Morgan fingerprint density at radius 1 is 1.23 bits per heavy atom. The Bertz CT molecular complexity index is 1120. The first-order valence-corrected chi connectivity index (χ1v) is 11.1. The van der Waals surface area contributed by atoms with Crippen LogP contribution in [0.2, 0.25) is 10.0 Å². The highest BCUT2D eigenvalue weighted by Gasteiger charge is 2.35. The average Bonchev–Trinajstić information content (AvgIpc) is 3.34. The van der Waals surface area contributed by atoms with Crippen LogP contribution in [0.1, 0.15) is 38.4 Å². The van der Waals surface area contributed by atoms with E-state index in [-0.39, 0.29) is 11.4 Å². The number of benzene rings is 1. The lowest BCUT2D eigenvalue weighted by Gasteiger charge is -2.19. The number of nitrogens with zero attached hydrogens (tertiary/aromatic N) is 3. The van der Waals surface area contributed by atoms with Gasteiger partial charge in [0.15, 0.2) is 5.84 Å². The third-order valence-corrected chi connectivity index (χ3v) is 6.13. The third-order valence-electron chi connectivity index (χ3n) is 4.60. The quantitative estimate of drug-likeness (QED) is 0.396. The summed E-state index contributed by atoms with van der Waals surface area (Å²) in [7, 11) is 0. The summed E-state index contributed by atoms with van der Waals surface area (Å²) in [5.41, 5.74) is 0.771. The Morgan fingerprint density at radius 2 is 2.07 bits per heavy atom. The maximum Gasteiger partial charge on any atom is 0.283 e. The van der Waals surface area contributed by atoms with E-state index in [2.05, 4.69) is 17.0 Å². The lowest BCUT2D eigenvalue weighted by molar-refractivity contribution is -0.114. The van der Waals surface area contributed by atoms with Crippen LogP contribution in [0.3, 0.4) is 0 Å². The largest absolute Gasteiger partial charge is 0.457 e. The molecular formula is C21H18Cl2N4O2S. The van der Waals surface area contributed by atoms with Gasteiger partial charge >= 0.3 is 0 Å². The van der Waals surface area contributed by atoms with Crippen molar-refractivity contribution in [3.8, 4) is 11.3 Å². The van der Waals surface area contributed by atoms with Gasteiger partial charge in [-0.3, -0.25) is 10.2 Å². The van der Waals surface area contributed by atoms with E-state index in [1.54, 1.807) is 30.3 Å². The molecule has 1 amide bonds. The summed E-state index contributed by atoms with van der Waals surface area (Å²) in [4.78, 5) is 16.6. The van der Waals surface area contributed by atoms with Crippen molar-refractivity contribution < 1.29 is 9.21 Å². The molecule has 9 heteroatoms. The van der Waals surface area contributed by atoms with Gasteiger partial charge in [-0.2, -0.15) is 15.1 Å². The maximum atomic E-state index is 12.5. The molecule has 1 N–H and O–H groups in total. The van der Waals surface area contributed by atoms with Crippen LogP contribution < -0.4 is 0 Å². The Labute approximate surface area is 188 Å². The van der Waals surface area contributed by atoms with Gasteiger partial charge in [-0.1, -0.05) is 43.0 Å². The molecule has 0 spiro atoms. The second-order valence-corrected chi connectivity index (χ2v) is 8.68. The van der Waals surface area contributed by atoms with Crippen molar-refractivity contribution >= 4 is 63.0 Å².